The number of benzene rings is 5. The van der Waals surface area contributed by atoms with E-state index in [1.165, 1.54) is 26.8 Å². The largest absolute Gasteiger partial charge is 1.00 e. The molecule has 0 spiro atoms. The molecule has 37 heavy (non-hydrogen) atoms. The molecule has 0 amide bonds. The van der Waals surface area contributed by atoms with E-state index in [9.17, 15) is 0 Å². The van der Waals surface area contributed by atoms with Gasteiger partial charge in [-0.25, -0.2) is 0 Å². The molecule has 1 N–H and O–H groups in total. The van der Waals surface area contributed by atoms with E-state index in [0.717, 1.165) is 5.90 Å². The Morgan fingerprint density at radius 3 is 1.30 bits per heavy atom. The maximum atomic E-state index is 4.28. The van der Waals surface area contributed by atoms with Crippen molar-refractivity contribution in [3.63, 3.8) is 0 Å². The molecule has 0 saturated carbocycles. The number of hydrogen-bond acceptors (Lipinski definition) is 1. The normalized spacial score (nSPS) is 12.1. The van der Waals surface area contributed by atoms with Crippen LogP contribution >= 0.6 is 15.3 Å². The first-order chi connectivity index (χ1) is 17.8. The molecule has 0 bridgehead atoms. The Bertz CT molecular complexity index is 1260. The highest BCUT2D eigenvalue weighted by Crippen LogP contribution is 2.62. The van der Waals surface area contributed by atoms with Crippen molar-refractivity contribution in [2.24, 2.45) is 0 Å². The summed E-state index contributed by atoms with van der Waals surface area (Å²) in [4.78, 5) is 0. The van der Waals surface area contributed by atoms with Crippen LogP contribution in [0.1, 0.15) is 18.5 Å². The molecule has 0 aliphatic rings. The van der Waals surface area contributed by atoms with Gasteiger partial charge in [-0.3, -0.25) is 0 Å². The Labute approximate surface area is 233 Å². The smallest absolute Gasteiger partial charge is 0.151 e. The van der Waals surface area contributed by atoms with Gasteiger partial charge in [0.2, 0.25) is 0 Å². The molecule has 1 nitrogen and oxygen atoms in total. The molecular formula is C33H32BrNP2. The van der Waals surface area contributed by atoms with E-state index in [2.05, 4.69) is 164 Å². The molecule has 5 aromatic carbocycles. The topological polar surface area (TPSA) is 12.0 Å². The fraction of sp³-hybridized carbons (Fsp3) is 0.0909. The molecular weight excluding hydrogens is 552 g/mol. The lowest BCUT2D eigenvalue weighted by Crippen LogP contribution is -3.00. The predicted octanol–water partition coefficient (Wildman–Crippen LogP) is 4.02. The van der Waals surface area contributed by atoms with Gasteiger partial charge < -0.3 is 17.0 Å². The zero-order valence-corrected chi connectivity index (χ0v) is 24.4. The second kappa shape index (κ2) is 13.3. The molecule has 0 heterocycles. The van der Waals surface area contributed by atoms with Crippen LogP contribution in [0.3, 0.4) is 0 Å². The lowest BCUT2D eigenvalue weighted by atomic mass is 10.1. The van der Waals surface area contributed by atoms with Crippen LogP contribution in [-0.4, -0.2) is 5.90 Å². The van der Waals surface area contributed by atoms with Gasteiger partial charge in [0.25, 0.3) is 0 Å². The molecule has 5 rings (SSSR count). The quantitative estimate of drug-likeness (QED) is 0.259. The number of hydrogen-bond donors (Lipinski definition) is 1. The fourth-order valence-electron chi connectivity index (χ4n) is 4.75. The average molecular weight is 584 g/mol. The van der Waals surface area contributed by atoms with Gasteiger partial charge in [0, 0.05) is 0 Å². The molecule has 0 fully saturated rings. The highest BCUT2D eigenvalue weighted by Gasteiger charge is 2.47. The molecule has 0 aromatic heterocycles. The van der Waals surface area contributed by atoms with Gasteiger partial charge in [0.15, 0.2) is 7.41 Å². The summed E-state index contributed by atoms with van der Waals surface area (Å²) >= 11 is 0. The van der Waals surface area contributed by atoms with Crippen LogP contribution < -0.4 is 43.3 Å². The Hall–Kier alpha value is -2.60. The molecule has 0 aliphatic carbocycles. The van der Waals surface area contributed by atoms with Gasteiger partial charge in [-0.2, -0.15) is 5.09 Å². The van der Waals surface area contributed by atoms with Crippen LogP contribution in [0, 0.1) is 0 Å². The van der Waals surface area contributed by atoms with Crippen LogP contribution in [0.15, 0.2) is 152 Å². The van der Waals surface area contributed by atoms with Crippen molar-refractivity contribution < 1.29 is 17.0 Å². The number of nitrogens with one attached hydrogen (secondary N) is 1. The van der Waals surface area contributed by atoms with Crippen LogP contribution in [0.5, 0.6) is 0 Å². The van der Waals surface area contributed by atoms with Gasteiger partial charge in [-0.05, 0) is 55.3 Å². The minimum Gasteiger partial charge on any atom is -1.00 e. The summed E-state index contributed by atoms with van der Waals surface area (Å²) in [5.74, 6) is 1.06. The second-order valence-corrected chi connectivity index (χ2v) is 14.9. The average Bonchev–Trinajstić information content (AvgIpc) is 2.97. The van der Waals surface area contributed by atoms with Gasteiger partial charge in [0.05, 0.1) is 6.04 Å². The summed E-state index contributed by atoms with van der Waals surface area (Å²) in [5, 5.41) is 9.92. The monoisotopic (exact) mass is 583 g/mol. The van der Waals surface area contributed by atoms with Crippen molar-refractivity contribution >= 4 is 36.6 Å². The van der Waals surface area contributed by atoms with Crippen molar-refractivity contribution in [1.82, 2.24) is 5.09 Å². The summed E-state index contributed by atoms with van der Waals surface area (Å²) in [6.07, 6.45) is 0. The molecule has 5 aromatic rings. The SMILES string of the molecule is CC(N[P+](CP(c1ccccc1)c1ccccc1)(c1ccccc1)c1ccccc1)c1ccccc1.[Br-]. The molecule has 186 valence electrons. The van der Waals surface area contributed by atoms with E-state index < -0.39 is 15.3 Å². The summed E-state index contributed by atoms with van der Waals surface area (Å²) in [7, 11) is -2.63. The Morgan fingerprint density at radius 2 is 0.892 bits per heavy atom. The van der Waals surface area contributed by atoms with Crippen molar-refractivity contribution in [1.29, 1.82) is 0 Å². The third-order valence-corrected chi connectivity index (χ3v) is 14.5. The second-order valence-electron chi connectivity index (χ2n) is 8.98. The van der Waals surface area contributed by atoms with Gasteiger partial charge in [0.1, 0.15) is 16.5 Å². The van der Waals surface area contributed by atoms with E-state index in [0.29, 0.717) is 0 Å². The zero-order chi connectivity index (χ0) is 24.6. The van der Waals surface area contributed by atoms with Gasteiger partial charge >= 0.3 is 0 Å². The lowest BCUT2D eigenvalue weighted by Gasteiger charge is -2.34. The van der Waals surface area contributed by atoms with Crippen molar-refractivity contribution in [2.45, 2.75) is 13.0 Å². The van der Waals surface area contributed by atoms with Crippen molar-refractivity contribution in [2.75, 3.05) is 5.90 Å². The number of halogens is 1. The summed E-state index contributed by atoms with van der Waals surface area (Å²) in [6, 6.07) is 55.6. The highest BCUT2D eigenvalue weighted by atomic mass is 79.9. The maximum absolute atomic E-state index is 4.28. The fourth-order valence-corrected chi connectivity index (χ4v) is 13.5. The van der Waals surface area contributed by atoms with E-state index in [1.807, 2.05) is 0 Å². The van der Waals surface area contributed by atoms with E-state index in [1.54, 1.807) is 0 Å². The summed E-state index contributed by atoms with van der Waals surface area (Å²) in [6.45, 7) is 2.31. The van der Waals surface area contributed by atoms with Gasteiger partial charge in [-0.15, -0.1) is 0 Å². The minimum absolute atomic E-state index is 0. The van der Waals surface area contributed by atoms with Crippen LogP contribution in [0.2, 0.25) is 0 Å². The Kier molecular flexibility index (Phi) is 9.84. The molecule has 0 aliphatic heterocycles. The summed E-state index contributed by atoms with van der Waals surface area (Å²) < 4.78 is 0. The molecule has 4 heteroatoms. The molecule has 1 unspecified atom stereocenters. The first-order valence-corrected chi connectivity index (χ1v) is 16.0. The third-order valence-electron chi connectivity index (χ3n) is 6.60. The number of rotatable bonds is 9. The van der Waals surface area contributed by atoms with Gasteiger partial charge in [-0.1, -0.05) is 127 Å². The van der Waals surface area contributed by atoms with E-state index in [4.69, 9.17) is 0 Å². The minimum atomic E-state index is -2.03. The van der Waals surface area contributed by atoms with E-state index >= 15 is 0 Å². The first-order valence-electron chi connectivity index (χ1n) is 12.5. The Balaban J connectivity index is 0.00000320. The van der Waals surface area contributed by atoms with Crippen LogP contribution in [-0.2, 0) is 0 Å². The predicted molar refractivity (Wildman–Crippen MR) is 161 cm³/mol. The standard InChI is InChI=1S/C33H32NP2.BrH/c1-28(29-17-7-2-8-18-29)34-36(32-23-13-5-14-24-32,33-25-15-6-16-26-33)27-35(30-19-9-3-10-20-30)31-21-11-4-12-22-31;/h2-26,28,34H,27H2,1H3;1H/q+1;/p-1. The summed E-state index contributed by atoms with van der Waals surface area (Å²) in [5.41, 5.74) is 1.32. The van der Waals surface area contributed by atoms with Crippen LogP contribution in [0.25, 0.3) is 0 Å². The molecule has 0 saturated heterocycles. The molecule has 1 atom stereocenters. The lowest BCUT2D eigenvalue weighted by molar-refractivity contribution is -0.00000712. The molecule has 0 radical (unpaired) electrons. The Morgan fingerprint density at radius 1 is 0.541 bits per heavy atom. The van der Waals surface area contributed by atoms with Crippen LogP contribution in [0.4, 0.5) is 0 Å². The third kappa shape index (κ3) is 6.46. The first kappa shape index (κ1) is 27.4. The zero-order valence-electron chi connectivity index (χ0n) is 21.0. The maximum Gasteiger partial charge on any atom is 0.151 e. The van der Waals surface area contributed by atoms with E-state index in [-0.39, 0.29) is 23.0 Å². The van der Waals surface area contributed by atoms with Crippen molar-refractivity contribution in [3.05, 3.63) is 157 Å². The van der Waals surface area contributed by atoms with Crippen molar-refractivity contribution in [3.8, 4) is 0 Å². The highest BCUT2D eigenvalue weighted by molar-refractivity contribution is 7.97.